The molecular weight excluding hydrogens is 302 g/mol. The van der Waals surface area contributed by atoms with E-state index in [1.165, 1.54) is 17.6 Å². The summed E-state index contributed by atoms with van der Waals surface area (Å²) in [5, 5.41) is 5.65. The molecule has 0 bridgehead atoms. The fourth-order valence-electron chi connectivity index (χ4n) is 2.36. The molecule has 0 unspecified atom stereocenters. The average Bonchev–Trinajstić information content (AvgIpc) is 3.21. The van der Waals surface area contributed by atoms with Gasteiger partial charge in [-0.15, -0.1) is 11.3 Å². The number of piperazine rings is 1. The summed E-state index contributed by atoms with van der Waals surface area (Å²) in [5.74, 6) is 0.361. The molecule has 0 saturated carbocycles. The van der Waals surface area contributed by atoms with Crippen molar-refractivity contribution in [2.24, 2.45) is 0 Å². The van der Waals surface area contributed by atoms with Gasteiger partial charge in [-0.05, 0) is 29.6 Å². The van der Waals surface area contributed by atoms with E-state index >= 15 is 0 Å². The SMILES string of the molecule is O=C(CN1CCN(C(=O)Nc2cccs2)CC1)c1ccco1. The molecule has 0 aromatic carbocycles. The number of hydrogen-bond donors (Lipinski definition) is 1. The van der Waals surface area contributed by atoms with Gasteiger partial charge in [-0.25, -0.2) is 4.79 Å². The molecule has 7 heteroatoms. The van der Waals surface area contributed by atoms with Gasteiger partial charge in [-0.3, -0.25) is 15.0 Å². The third-order valence-corrected chi connectivity index (χ3v) is 4.36. The standard InChI is InChI=1S/C15H17N3O3S/c19-12(13-3-1-9-21-13)11-17-5-7-18(8-6-17)15(20)16-14-4-2-10-22-14/h1-4,9-10H,5-8,11H2,(H,16,20). The van der Waals surface area contributed by atoms with Crippen LogP contribution in [0.5, 0.6) is 0 Å². The Hall–Kier alpha value is -2.12. The molecule has 0 atom stereocenters. The van der Waals surface area contributed by atoms with Crippen LogP contribution in [-0.2, 0) is 0 Å². The Morgan fingerprint density at radius 2 is 2.00 bits per heavy atom. The number of carbonyl (C=O) groups is 2. The lowest BCUT2D eigenvalue weighted by Crippen LogP contribution is -2.51. The Morgan fingerprint density at radius 3 is 2.64 bits per heavy atom. The number of amides is 2. The van der Waals surface area contributed by atoms with Crippen molar-refractivity contribution >= 4 is 28.2 Å². The summed E-state index contributed by atoms with van der Waals surface area (Å²) in [6.45, 7) is 2.92. The maximum Gasteiger partial charge on any atom is 0.322 e. The van der Waals surface area contributed by atoms with Gasteiger partial charge in [-0.1, -0.05) is 0 Å². The molecule has 0 aliphatic carbocycles. The molecule has 3 rings (SSSR count). The normalized spacial score (nSPS) is 15.7. The number of hydrogen-bond acceptors (Lipinski definition) is 5. The minimum Gasteiger partial charge on any atom is -0.461 e. The smallest absolute Gasteiger partial charge is 0.322 e. The summed E-state index contributed by atoms with van der Waals surface area (Å²) in [6, 6.07) is 7.08. The molecule has 116 valence electrons. The number of nitrogens with zero attached hydrogens (tertiary/aromatic N) is 2. The molecule has 1 fully saturated rings. The van der Waals surface area contributed by atoms with Crippen LogP contribution in [-0.4, -0.2) is 54.3 Å². The van der Waals surface area contributed by atoms with Crippen molar-refractivity contribution in [3.05, 3.63) is 41.7 Å². The summed E-state index contributed by atoms with van der Waals surface area (Å²) >= 11 is 1.50. The van der Waals surface area contributed by atoms with Crippen LogP contribution in [0.3, 0.4) is 0 Å². The Balaban J connectivity index is 1.46. The zero-order valence-electron chi connectivity index (χ0n) is 12.0. The van der Waals surface area contributed by atoms with Gasteiger partial charge >= 0.3 is 6.03 Å². The predicted octanol–water partition coefficient (Wildman–Crippen LogP) is 2.37. The Bertz CT molecular complexity index is 617. The number of Topliss-reactive ketones (excluding diaryl/α,β-unsaturated/α-hetero) is 1. The Morgan fingerprint density at radius 1 is 1.18 bits per heavy atom. The number of thiophene rings is 1. The molecule has 2 aromatic heterocycles. The third kappa shape index (κ3) is 3.55. The van der Waals surface area contributed by atoms with Crippen LogP contribution in [0.25, 0.3) is 0 Å². The minimum absolute atomic E-state index is 0.0264. The number of rotatable bonds is 4. The first kappa shape index (κ1) is 14.8. The Labute approximate surface area is 132 Å². The van der Waals surface area contributed by atoms with Crippen molar-refractivity contribution in [2.75, 3.05) is 38.0 Å². The average molecular weight is 319 g/mol. The molecule has 6 nitrogen and oxygen atoms in total. The van der Waals surface area contributed by atoms with Gasteiger partial charge in [0.15, 0.2) is 5.76 Å². The van der Waals surface area contributed by atoms with Crippen molar-refractivity contribution in [2.45, 2.75) is 0 Å². The molecule has 2 amide bonds. The number of nitrogens with one attached hydrogen (secondary N) is 1. The van der Waals surface area contributed by atoms with E-state index < -0.39 is 0 Å². The van der Waals surface area contributed by atoms with E-state index in [0.29, 0.717) is 38.5 Å². The minimum atomic E-state index is -0.0838. The van der Waals surface area contributed by atoms with Gasteiger partial charge in [0.05, 0.1) is 17.8 Å². The maximum absolute atomic E-state index is 12.1. The van der Waals surface area contributed by atoms with Crippen LogP contribution in [0.2, 0.25) is 0 Å². The summed E-state index contributed by atoms with van der Waals surface area (Å²) in [5.41, 5.74) is 0. The molecule has 0 spiro atoms. The lowest BCUT2D eigenvalue weighted by molar-refractivity contribution is 0.0857. The fourth-order valence-corrected chi connectivity index (χ4v) is 2.97. The van der Waals surface area contributed by atoms with Crippen molar-refractivity contribution in [3.63, 3.8) is 0 Å². The Kier molecular flexibility index (Phi) is 4.55. The highest BCUT2D eigenvalue weighted by Crippen LogP contribution is 2.16. The van der Waals surface area contributed by atoms with Crippen LogP contribution < -0.4 is 5.32 Å². The summed E-state index contributed by atoms with van der Waals surface area (Å²) in [7, 11) is 0. The number of urea groups is 1. The second-order valence-corrected chi connectivity index (χ2v) is 6.02. The van der Waals surface area contributed by atoms with Crippen molar-refractivity contribution in [3.8, 4) is 0 Å². The van der Waals surface area contributed by atoms with Crippen LogP contribution >= 0.6 is 11.3 Å². The quantitative estimate of drug-likeness (QED) is 0.879. The van der Waals surface area contributed by atoms with Crippen LogP contribution in [0.1, 0.15) is 10.6 Å². The van der Waals surface area contributed by atoms with Crippen LogP contribution in [0, 0.1) is 0 Å². The number of ketones is 1. The van der Waals surface area contributed by atoms with Gasteiger partial charge in [-0.2, -0.15) is 0 Å². The third-order valence-electron chi connectivity index (χ3n) is 3.57. The first-order chi connectivity index (χ1) is 10.7. The van der Waals surface area contributed by atoms with Gasteiger partial charge in [0.1, 0.15) is 0 Å². The molecule has 1 aliphatic heterocycles. The van der Waals surface area contributed by atoms with Crippen molar-refractivity contribution in [1.29, 1.82) is 0 Å². The molecule has 2 aromatic rings. The zero-order chi connectivity index (χ0) is 15.4. The molecule has 1 aliphatic rings. The van der Waals surface area contributed by atoms with Gasteiger partial charge in [0.2, 0.25) is 5.78 Å². The first-order valence-corrected chi connectivity index (χ1v) is 7.99. The zero-order valence-corrected chi connectivity index (χ0v) is 12.8. The molecule has 0 radical (unpaired) electrons. The van der Waals surface area contributed by atoms with E-state index in [1.807, 2.05) is 22.4 Å². The van der Waals surface area contributed by atoms with Crippen LogP contribution in [0.15, 0.2) is 40.3 Å². The van der Waals surface area contributed by atoms with E-state index in [4.69, 9.17) is 4.42 Å². The maximum atomic E-state index is 12.1. The predicted molar refractivity (Wildman–Crippen MR) is 84.4 cm³/mol. The molecule has 22 heavy (non-hydrogen) atoms. The van der Waals surface area contributed by atoms with Gasteiger partial charge in [0, 0.05) is 26.2 Å². The fraction of sp³-hybridized carbons (Fsp3) is 0.333. The van der Waals surface area contributed by atoms with E-state index in [0.717, 1.165) is 5.00 Å². The lowest BCUT2D eigenvalue weighted by atomic mass is 10.2. The van der Waals surface area contributed by atoms with E-state index in [1.54, 1.807) is 17.0 Å². The number of carbonyl (C=O) groups excluding carboxylic acids is 2. The highest BCUT2D eigenvalue weighted by molar-refractivity contribution is 7.14. The second kappa shape index (κ2) is 6.76. The molecular formula is C15H17N3O3S. The number of furan rings is 1. The van der Waals surface area contributed by atoms with E-state index in [-0.39, 0.29) is 11.8 Å². The lowest BCUT2D eigenvalue weighted by Gasteiger charge is -2.34. The molecule has 3 heterocycles. The number of anilines is 1. The first-order valence-electron chi connectivity index (χ1n) is 7.11. The monoisotopic (exact) mass is 319 g/mol. The summed E-state index contributed by atoms with van der Waals surface area (Å²) < 4.78 is 5.11. The topological polar surface area (TPSA) is 65.8 Å². The summed E-state index contributed by atoms with van der Waals surface area (Å²) in [4.78, 5) is 27.9. The van der Waals surface area contributed by atoms with Gasteiger partial charge in [0.25, 0.3) is 0 Å². The second-order valence-electron chi connectivity index (χ2n) is 5.07. The van der Waals surface area contributed by atoms with Crippen molar-refractivity contribution in [1.82, 2.24) is 9.80 Å². The van der Waals surface area contributed by atoms with Gasteiger partial charge < -0.3 is 9.32 Å². The van der Waals surface area contributed by atoms with Crippen LogP contribution in [0.4, 0.5) is 9.80 Å². The summed E-state index contributed by atoms with van der Waals surface area (Å²) in [6.07, 6.45) is 1.50. The van der Waals surface area contributed by atoms with E-state index in [2.05, 4.69) is 5.32 Å². The highest BCUT2D eigenvalue weighted by Gasteiger charge is 2.23. The highest BCUT2D eigenvalue weighted by atomic mass is 32.1. The molecule has 1 N–H and O–H groups in total. The van der Waals surface area contributed by atoms with Crippen molar-refractivity contribution < 1.29 is 14.0 Å². The van der Waals surface area contributed by atoms with E-state index in [9.17, 15) is 9.59 Å². The molecule has 1 saturated heterocycles. The largest absolute Gasteiger partial charge is 0.461 e.